The highest BCUT2D eigenvalue weighted by Gasteiger charge is 2.11. The maximum atomic E-state index is 12.3. The summed E-state index contributed by atoms with van der Waals surface area (Å²) in [6.45, 7) is 2.28. The number of rotatable bonds is 5. The monoisotopic (exact) mass is 419 g/mol. The molecule has 0 fully saturated rings. The lowest BCUT2D eigenvalue weighted by atomic mass is 10.1. The fraction of sp³-hybridized carbons (Fsp3) is 0.0870. The third kappa shape index (κ3) is 5.89. The standard InChI is InChI=1S/C23H21N3O3S/c1-16-7-5-6-10-20(16)22(28)24-23(30)26-25-21(27)18-11-13-19(14-12-18)29-15-17-8-3-2-4-9-17/h2-14H,15H2,1H3,(H,25,27)(H2,24,26,28,30). The number of thiocarbonyl (C=S) groups is 1. The third-order valence-corrected chi connectivity index (χ3v) is 4.48. The van der Waals surface area contributed by atoms with Gasteiger partial charge in [-0.3, -0.25) is 25.8 Å². The minimum absolute atomic E-state index is 0.000539. The van der Waals surface area contributed by atoms with E-state index in [4.69, 9.17) is 17.0 Å². The normalized spacial score (nSPS) is 10.0. The highest BCUT2D eigenvalue weighted by Crippen LogP contribution is 2.14. The van der Waals surface area contributed by atoms with Gasteiger partial charge in [-0.2, -0.15) is 0 Å². The van der Waals surface area contributed by atoms with E-state index in [0.717, 1.165) is 11.1 Å². The van der Waals surface area contributed by atoms with E-state index < -0.39 is 5.91 Å². The molecule has 0 spiro atoms. The molecule has 3 rings (SSSR count). The van der Waals surface area contributed by atoms with E-state index in [2.05, 4.69) is 16.2 Å². The zero-order valence-electron chi connectivity index (χ0n) is 16.3. The van der Waals surface area contributed by atoms with Crippen LogP contribution in [0.1, 0.15) is 31.8 Å². The number of ether oxygens (including phenoxy) is 1. The highest BCUT2D eigenvalue weighted by molar-refractivity contribution is 7.80. The van der Waals surface area contributed by atoms with E-state index in [9.17, 15) is 9.59 Å². The van der Waals surface area contributed by atoms with Gasteiger partial charge in [0.15, 0.2) is 5.11 Å². The Hall–Kier alpha value is -3.71. The molecule has 6 nitrogen and oxygen atoms in total. The minimum Gasteiger partial charge on any atom is -0.489 e. The van der Waals surface area contributed by atoms with Gasteiger partial charge < -0.3 is 4.74 Å². The third-order valence-electron chi connectivity index (χ3n) is 4.27. The zero-order chi connectivity index (χ0) is 21.3. The molecule has 0 aromatic heterocycles. The van der Waals surface area contributed by atoms with E-state index in [-0.39, 0.29) is 11.0 Å². The lowest BCUT2D eigenvalue weighted by Crippen LogP contribution is -2.48. The molecule has 152 valence electrons. The van der Waals surface area contributed by atoms with Gasteiger partial charge in [0.2, 0.25) is 0 Å². The largest absolute Gasteiger partial charge is 0.489 e. The van der Waals surface area contributed by atoms with Gasteiger partial charge in [-0.1, -0.05) is 48.5 Å². The van der Waals surface area contributed by atoms with Crippen molar-refractivity contribution in [2.75, 3.05) is 0 Å². The molecule has 3 N–H and O–H groups in total. The highest BCUT2D eigenvalue weighted by atomic mass is 32.1. The Morgan fingerprint density at radius 1 is 0.833 bits per heavy atom. The minimum atomic E-state index is -0.392. The van der Waals surface area contributed by atoms with Gasteiger partial charge in [-0.15, -0.1) is 0 Å². The number of nitrogens with one attached hydrogen (secondary N) is 3. The molecule has 0 bridgehead atoms. The van der Waals surface area contributed by atoms with Gasteiger partial charge in [0.1, 0.15) is 12.4 Å². The van der Waals surface area contributed by atoms with Crippen molar-refractivity contribution in [2.24, 2.45) is 0 Å². The molecule has 3 aromatic rings. The van der Waals surface area contributed by atoms with E-state index in [1.54, 1.807) is 36.4 Å². The average molecular weight is 420 g/mol. The summed E-state index contributed by atoms with van der Waals surface area (Å²) in [7, 11) is 0. The van der Waals surface area contributed by atoms with Gasteiger partial charge in [-0.25, -0.2) is 0 Å². The van der Waals surface area contributed by atoms with Gasteiger partial charge in [-0.05, 0) is 60.6 Å². The summed E-state index contributed by atoms with van der Waals surface area (Å²) in [5.74, 6) is -0.0822. The van der Waals surface area contributed by atoms with Crippen LogP contribution in [0.2, 0.25) is 0 Å². The van der Waals surface area contributed by atoms with Crippen LogP contribution < -0.4 is 20.9 Å². The van der Waals surface area contributed by atoms with Crippen LogP contribution in [-0.4, -0.2) is 16.9 Å². The van der Waals surface area contributed by atoms with Crippen molar-refractivity contribution >= 4 is 29.1 Å². The van der Waals surface area contributed by atoms with Crippen LogP contribution in [0.5, 0.6) is 5.75 Å². The smallest absolute Gasteiger partial charge is 0.269 e. The van der Waals surface area contributed by atoms with Gasteiger partial charge in [0, 0.05) is 11.1 Å². The SMILES string of the molecule is Cc1ccccc1C(=O)NC(=S)NNC(=O)c1ccc(OCc2ccccc2)cc1. The summed E-state index contributed by atoms with van der Waals surface area (Å²) in [5.41, 5.74) is 7.81. The Morgan fingerprint density at radius 2 is 1.50 bits per heavy atom. The first kappa shape index (κ1) is 21.0. The summed E-state index contributed by atoms with van der Waals surface area (Å²) in [6.07, 6.45) is 0. The topological polar surface area (TPSA) is 79.5 Å². The number of carbonyl (C=O) groups is 2. The first-order chi connectivity index (χ1) is 14.5. The number of aryl methyl sites for hydroxylation is 1. The number of carbonyl (C=O) groups excluding carboxylic acids is 2. The summed E-state index contributed by atoms with van der Waals surface area (Å²) in [5, 5.41) is 2.53. The maximum absolute atomic E-state index is 12.3. The zero-order valence-corrected chi connectivity index (χ0v) is 17.2. The number of hydrogen-bond donors (Lipinski definition) is 3. The van der Waals surface area contributed by atoms with Gasteiger partial charge in [0.25, 0.3) is 11.8 Å². The number of benzene rings is 3. The number of hydrazine groups is 1. The quantitative estimate of drug-likeness (QED) is 0.436. The molecular formula is C23H21N3O3S. The van der Waals surface area contributed by atoms with Crippen molar-refractivity contribution in [3.63, 3.8) is 0 Å². The molecule has 2 amide bonds. The summed E-state index contributed by atoms with van der Waals surface area (Å²) < 4.78 is 5.70. The van der Waals surface area contributed by atoms with E-state index in [0.29, 0.717) is 23.5 Å². The van der Waals surface area contributed by atoms with Crippen molar-refractivity contribution in [1.29, 1.82) is 0 Å². The van der Waals surface area contributed by atoms with Crippen molar-refractivity contribution in [2.45, 2.75) is 13.5 Å². The van der Waals surface area contributed by atoms with Crippen molar-refractivity contribution < 1.29 is 14.3 Å². The van der Waals surface area contributed by atoms with E-state index in [1.807, 2.05) is 49.4 Å². The molecule has 30 heavy (non-hydrogen) atoms. The molecule has 0 saturated carbocycles. The number of hydrogen-bond acceptors (Lipinski definition) is 4. The Morgan fingerprint density at radius 3 is 2.20 bits per heavy atom. The van der Waals surface area contributed by atoms with E-state index in [1.165, 1.54) is 0 Å². The molecule has 0 radical (unpaired) electrons. The molecular weight excluding hydrogens is 398 g/mol. The Balaban J connectivity index is 1.46. The molecule has 0 unspecified atom stereocenters. The molecule has 0 aliphatic rings. The first-order valence-electron chi connectivity index (χ1n) is 9.27. The molecule has 0 saturated heterocycles. The lowest BCUT2D eigenvalue weighted by molar-refractivity contribution is 0.0934. The predicted molar refractivity (Wildman–Crippen MR) is 119 cm³/mol. The molecule has 7 heteroatoms. The molecule has 3 aromatic carbocycles. The predicted octanol–water partition coefficient (Wildman–Crippen LogP) is 3.52. The molecule has 0 atom stereocenters. The Bertz CT molecular complexity index is 1040. The van der Waals surface area contributed by atoms with Crippen molar-refractivity contribution in [1.82, 2.24) is 16.2 Å². The van der Waals surface area contributed by atoms with Crippen LogP contribution in [0.4, 0.5) is 0 Å². The second-order valence-corrected chi connectivity index (χ2v) is 6.88. The van der Waals surface area contributed by atoms with Gasteiger partial charge >= 0.3 is 0 Å². The van der Waals surface area contributed by atoms with Crippen LogP contribution in [0.15, 0.2) is 78.9 Å². The average Bonchev–Trinajstić information content (AvgIpc) is 2.77. The maximum Gasteiger partial charge on any atom is 0.269 e. The fourth-order valence-electron chi connectivity index (χ4n) is 2.66. The molecule has 0 aliphatic heterocycles. The van der Waals surface area contributed by atoms with Crippen molar-refractivity contribution in [3.05, 3.63) is 101 Å². The molecule has 0 aliphatic carbocycles. The summed E-state index contributed by atoms with van der Waals surface area (Å²) in [6, 6.07) is 23.7. The first-order valence-corrected chi connectivity index (χ1v) is 9.68. The lowest BCUT2D eigenvalue weighted by Gasteiger charge is -2.12. The van der Waals surface area contributed by atoms with E-state index >= 15 is 0 Å². The summed E-state index contributed by atoms with van der Waals surface area (Å²) in [4.78, 5) is 24.5. The van der Waals surface area contributed by atoms with Crippen molar-refractivity contribution in [3.8, 4) is 5.75 Å². The second kappa shape index (κ2) is 10.2. The fourth-order valence-corrected chi connectivity index (χ4v) is 2.80. The molecule has 0 heterocycles. The number of amides is 2. The summed E-state index contributed by atoms with van der Waals surface area (Å²) >= 11 is 5.07. The Kier molecular flexibility index (Phi) is 7.13. The van der Waals surface area contributed by atoms with Crippen LogP contribution in [0.25, 0.3) is 0 Å². The van der Waals surface area contributed by atoms with Crippen LogP contribution in [0, 0.1) is 6.92 Å². The van der Waals surface area contributed by atoms with Gasteiger partial charge in [0.05, 0.1) is 0 Å². The van der Waals surface area contributed by atoms with Crippen LogP contribution in [0.3, 0.4) is 0 Å². The Labute approximate surface area is 180 Å². The van der Waals surface area contributed by atoms with Crippen LogP contribution in [-0.2, 0) is 6.61 Å². The van der Waals surface area contributed by atoms with Crippen LogP contribution >= 0.6 is 12.2 Å². The second-order valence-electron chi connectivity index (χ2n) is 6.48.